The minimum Gasteiger partial charge on any atom is -0.0654 e. The molecule has 0 bridgehead atoms. The van der Waals surface area contributed by atoms with Crippen LogP contribution in [0, 0.1) is 74.9 Å². The van der Waals surface area contributed by atoms with Crippen LogP contribution in [0.5, 0.6) is 0 Å². The Morgan fingerprint density at radius 2 is 0.655 bits per heavy atom. The average Bonchev–Trinajstić information content (AvgIpc) is 3.41. The van der Waals surface area contributed by atoms with Crippen LogP contribution in [0.1, 0.15) is 466 Å². The van der Waals surface area contributed by atoms with Gasteiger partial charge in [-0.3, -0.25) is 0 Å². The molecule has 0 aromatic rings. The fourth-order valence-corrected chi connectivity index (χ4v) is 17.0. The molecule has 0 amide bonds. The summed E-state index contributed by atoms with van der Waals surface area (Å²) < 4.78 is 0. The average molecular weight is 1180 g/mol. The Morgan fingerprint density at radius 3 is 0.774 bits per heavy atom. The fraction of sp³-hybridized carbons (Fsp3) is 1.00. The maximum absolute atomic E-state index is 2.38. The maximum atomic E-state index is 2.38. The summed E-state index contributed by atoms with van der Waals surface area (Å²) in [6.45, 7) is 48.4. The second kappa shape index (κ2) is 54.7. The molecule has 0 atom stereocenters. The van der Waals surface area contributed by atoms with Crippen molar-refractivity contribution in [3.05, 3.63) is 0 Å². The van der Waals surface area contributed by atoms with Crippen LogP contribution in [0.3, 0.4) is 0 Å². The van der Waals surface area contributed by atoms with E-state index in [9.17, 15) is 0 Å². The molecule has 0 saturated heterocycles. The molecule has 0 unspecified atom stereocenters. The molecule has 0 aromatic carbocycles. The molecule has 8 rings (SSSR count). The molecule has 84 heavy (non-hydrogen) atoms. The second-order valence-corrected chi connectivity index (χ2v) is 31.5. The molecule has 0 aliphatic heterocycles. The minimum atomic E-state index is 0.684. The van der Waals surface area contributed by atoms with Crippen LogP contribution in [0.25, 0.3) is 0 Å². The van der Waals surface area contributed by atoms with Gasteiger partial charge >= 0.3 is 0 Å². The maximum Gasteiger partial charge on any atom is -0.0292 e. The zero-order valence-electron chi connectivity index (χ0n) is 63.6. The number of rotatable bonds is 29. The van der Waals surface area contributed by atoms with E-state index in [-0.39, 0.29) is 0 Å². The first kappa shape index (κ1) is 86.1. The third-order valence-electron chi connectivity index (χ3n) is 23.8. The summed E-state index contributed by atoms with van der Waals surface area (Å²) in [4.78, 5) is 0. The molecular formula is C84H172. The highest BCUT2D eigenvalue weighted by atomic mass is 14.5. The lowest BCUT2D eigenvalue weighted by Gasteiger charge is -2.53. The van der Waals surface area contributed by atoms with Gasteiger partial charge in [-0.05, 0) is 190 Å². The van der Waals surface area contributed by atoms with Gasteiger partial charge in [-0.25, -0.2) is 0 Å². The van der Waals surface area contributed by atoms with Crippen molar-refractivity contribution in [2.75, 3.05) is 0 Å². The first-order valence-corrected chi connectivity index (χ1v) is 40.4. The van der Waals surface area contributed by atoms with Gasteiger partial charge in [0.05, 0.1) is 0 Å². The minimum absolute atomic E-state index is 0.684. The normalized spacial score (nSPS) is 22.6. The van der Waals surface area contributed by atoms with Crippen LogP contribution in [0.4, 0.5) is 0 Å². The summed E-state index contributed by atoms with van der Waals surface area (Å²) in [5, 5.41) is 0. The van der Waals surface area contributed by atoms with E-state index < -0.39 is 0 Å². The van der Waals surface area contributed by atoms with Crippen molar-refractivity contribution < 1.29 is 0 Å². The molecule has 8 fully saturated rings. The van der Waals surface area contributed by atoms with E-state index in [4.69, 9.17) is 0 Å². The third-order valence-corrected chi connectivity index (χ3v) is 23.8. The van der Waals surface area contributed by atoms with E-state index >= 15 is 0 Å². The van der Waals surface area contributed by atoms with Crippen molar-refractivity contribution in [3.63, 3.8) is 0 Å². The van der Waals surface area contributed by atoms with Crippen LogP contribution in [0.2, 0.25) is 0 Å². The lowest BCUT2D eigenvalue weighted by atomic mass is 9.52. The SMILES string of the molecule is CC1CC2(CCC2)C1.CCC1CC(C)C1.CCC1CC(C)C1.CCCC(CC)(CC)CCC.CCCC(CC)CC.CCCC(CC)CCC.CCCC1(CCC)CCC1.CCCC1(CCC)CCC1.CCCC1CCC1.CCCC1CCC1. The van der Waals surface area contributed by atoms with E-state index in [2.05, 4.69) is 145 Å². The first-order chi connectivity index (χ1) is 40.4. The molecule has 8 aliphatic rings. The summed E-state index contributed by atoms with van der Waals surface area (Å²) in [6, 6.07) is 0. The van der Waals surface area contributed by atoms with Crippen molar-refractivity contribution in [3.8, 4) is 0 Å². The summed E-state index contributed by atoms with van der Waals surface area (Å²) in [7, 11) is 0. The van der Waals surface area contributed by atoms with Gasteiger partial charge in [-0.2, -0.15) is 0 Å². The Hall–Kier alpha value is 0. The van der Waals surface area contributed by atoms with E-state index in [0.717, 1.165) is 69.5 Å². The Labute approximate surface area is 538 Å². The lowest BCUT2D eigenvalue weighted by molar-refractivity contribution is -0.0161. The van der Waals surface area contributed by atoms with E-state index in [1.807, 2.05) is 0 Å². The highest BCUT2D eigenvalue weighted by molar-refractivity contribution is 4.97. The fourth-order valence-electron chi connectivity index (χ4n) is 17.0. The molecule has 0 heterocycles. The van der Waals surface area contributed by atoms with Gasteiger partial charge in [0, 0.05) is 0 Å². The quantitative estimate of drug-likeness (QED) is 0.0700. The van der Waals surface area contributed by atoms with Crippen LogP contribution < -0.4 is 0 Å². The van der Waals surface area contributed by atoms with Crippen LogP contribution in [-0.2, 0) is 0 Å². The van der Waals surface area contributed by atoms with Crippen molar-refractivity contribution in [1.29, 1.82) is 0 Å². The van der Waals surface area contributed by atoms with Gasteiger partial charge in [0.1, 0.15) is 0 Å². The Morgan fingerprint density at radius 1 is 0.333 bits per heavy atom. The van der Waals surface area contributed by atoms with Crippen LogP contribution in [0.15, 0.2) is 0 Å². The number of hydrogen-bond donors (Lipinski definition) is 0. The Kier molecular flexibility index (Phi) is 56.1. The highest BCUT2D eigenvalue weighted by Gasteiger charge is 2.46. The van der Waals surface area contributed by atoms with E-state index in [0.29, 0.717) is 5.41 Å². The van der Waals surface area contributed by atoms with E-state index in [1.54, 1.807) is 25.7 Å². The van der Waals surface area contributed by atoms with Gasteiger partial charge in [0.2, 0.25) is 0 Å². The van der Waals surface area contributed by atoms with Crippen molar-refractivity contribution >= 4 is 0 Å². The summed E-state index contributed by atoms with van der Waals surface area (Å²) in [5.41, 5.74) is 3.25. The molecule has 8 aliphatic carbocycles. The third kappa shape index (κ3) is 39.3. The second-order valence-electron chi connectivity index (χ2n) is 31.5. The van der Waals surface area contributed by atoms with Gasteiger partial charge in [0.15, 0.2) is 0 Å². The zero-order chi connectivity index (χ0) is 63.6. The molecule has 0 aromatic heterocycles. The van der Waals surface area contributed by atoms with Gasteiger partial charge in [-0.15, -0.1) is 0 Å². The van der Waals surface area contributed by atoms with Gasteiger partial charge in [-0.1, -0.05) is 351 Å². The largest absolute Gasteiger partial charge is 0.0654 e. The van der Waals surface area contributed by atoms with Gasteiger partial charge < -0.3 is 0 Å². The molecule has 0 heteroatoms. The smallest absolute Gasteiger partial charge is 0.0292 e. The Bertz CT molecular complexity index is 1190. The molecule has 1 spiro atoms. The standard InChI is InChI=1S/C11H24.2C10H20.C9H20.C8H14.C8H18.4C7H14/c1-5-9-11(7-3,8-4)10-6-2;2*1-3-6-10(7-4-2)8-5-9-10;1-4-7-9(6-3)8-5-2;1-7-5-8(6-7)3-2-4-8;1-4-7-8(5-2)6-3;2*1-3-7-4-6(2)5-7;2*1-2-4-7-5-3-6-7/h5-10H2,1-4H3;2*3-9H2,1-2H3;9H,4-8H2,1-3H3;7H,2-6H2,1H3;8H,4-7H2,1-3H3;2*6-7H,3-5H2,1-2H3;2*7H,2-6H2,1H3. The molecule has 0 radical (unpaired) electrons. The summed E-state index contributed by atoms with van der Waals surface area (Å²) in [5.74, 6) is 9.62. The molecule has 8 saturated carbocycles. The highest BCUT2D eigenvalue weighted by Crippen LogP contribution is 2.58. The molecule has 0 N–H and O–H groups in total. The zero-order valence-corrected chi connectivity index (χ0v) is 63.6. The predicted octanol–water partition coefficient (Wildman–Crippen LogP) is 31.4. The Balaban J connectivity index is 0. The summed E-state index contributed by atoms with van der Waals surface area (Å²) >= 11 is 0. The number of hydrogen-bond acceptors (Lipinski definition) is 0. The molecular weight excluding hydrogens is 1010 g/mol. The van der Waals surface area contributed by atoms with Crippen molar-refractivity contribution in [2.45, 2.75) is 466 Å². The van der Waals surface area contributed by atoms with Gasteiger partial charge in [0.25, 0.3) is 0 Å². The van der Waals surface area contributed by atoms with Crippen molar-refractivity contribution in [1.82, 2.24) is 0 Å². The molecule has 508 valence electrons. The van der Waals surface area contributed by atoms with E-state index in [1.165, 1.54) is 295 Å². The predicted molar refractivity (Wildman–Crippen MR) is 391 cm³/mol. The summed E-state index contributed by atoms with van der Waals surface area (Å²) in [6.07, 6.45) is 72.7. The molecule has 0 nitrogen and oxygen atoms in total. The topological polar surface area (TPSA) is 0 Å². The lowest BCUT2D eigenvalue weighted by Crippen LogP contribution is -2.41. The monoisotopic (exact) mass is 1180 g/mol. The van der Waals surface area contributed by atoms with Crippen molar-refractivity contribution in [2.24, 2.45) is 74.9 Å². The van der Waals surface area contributed by atoms with Crippen LogP contribution in [-0.4, -0.2) is 0 Å². The van der Waals surface area contributed by atoms with Crippen LogP contribution >= 0.6 is 0 Å². The first-order valence-electron chi connectivity index (χ1n) is 40.4.